The number of hydrogen-bond acceptors (Lipinski definition) is 4. The molecular formula is C13H10FN5O2S. The van der Waals surface area contributed by atoms with Crippen molar-refractivity contribution in [2.24, 2.45) is 0 Å². The molecule has 3 aromatic rings. The average Bonchev–Trinajstić information content (AvgIpc) is 2.80. The SMILES string of the molecule is O=c1cc(Cc2n[nH]c(=S)n2-c2ccc(F)cc2)[nH]c(=O)[nH]1. The van der Waals surface area contributed by atoms with Gasteiger partial charge in [-0.3, -0.25) is 19.4 Å². The molecule has 7 nitrogen and oxygen atoms in total. The van der Waals surface area contributed by atoms with Crippen LogP contribution in [-0.4, -0.2) is 24.7 Å². The Morgan fingerprint density at radius 2 is 1.91 bits per heavy atom. The number of rotatable bonds is 3. The van der Waals surface area contributed by atoms with Gasteiger partial charge in [-0.05, 0) is 36.5 Å². The van der Waals surface area contributed by atoms with Crippen LogP contribution in [0.3, 0.4) is 0 Å². The third kappa shape index (κ3) is 2.79. The van der Waals surface area contributed by atoms with Crippen molar-refractivity contribution >= 4 is 12.2 Å². The van der Waals surface area contributed by atoms with E-state index in [0.717, 1.165) is 0 Å². The maximum Gasteiger partial charge on any atom is 0.325 e. The molecule has 3 N–H and O–H groups in total. The highest BCUT2D eigenvalue weighted by Gasteiger charge is 2.10. The van der Waals surface area contributed by atoms with Gasteiger partial charge in [0.25, 0.3) is 5.56 Å². The molecule has 3 rings (SSSR count). The molecule has 0 saturated heterocycles. The molecule has 112 valence electrons. The van der Waals surface area contributed by atoms with Crippen molar-refractivity contribution in [3.05, 3.63) is 73.3 Å². The molecule has 0 aliphatic heterocycles. The molecule has 0 radical (unpaired) electrons. The van der Waals surface area contributed by atoms with Crippen molar-refractivity contribution in [1.29, 1.82) is 0 Å². The fourth-order valence-electron chi connectivity index (χ4n) is 2.09. The van der Waals surface area contributed by atoms with Crippen LogP contribution in [0.4, 0.5) is 4.39 Å². The molecule has 0 saturated carbocycles. The van der Waals surface area contributed by atoms with Crippen LogP contribution in [0.5, 0.6) is 0 Å². The van der Waals surface area contributed by atoms with Crippen molar-refractivity contribution in [1.82, 2.24) is 24.7 Å². The van der Waals surface area contributed by atoms with Gasteiger partial charge in [0.2, 0.25) is 0 Å². The number of aromatic amines is 3. The van der Waals surface area contributed by atoms with Gasteiger partial charge in [0.1, 0.15) is 11.6 Å². The first-order valence-corrected chi connectivity index (χ1v) is 6.68. The maximum atomic E-state index is 13.0. The Morgan fingerprint density at radius 1 is 1.18 bits per heavy atom. The molecule has 9 heteroatoms. The fourth-order valence-corrected chi connectivity index (χ4v) is 2.35. The lowest BCUT2D eigenvalue weighted by Gasteiger charge is -2.06. The number of nitrogens with one attached hydrogen (secondary N) is 3. The minimum absolute atomic E-state index is 0.184. The summed E-state index contributed by atoms with van der Waals surface area (Å²) in [5.74, 6) is 0.122. The van der Waals surface area contributed by atoms with Crippen LogP contribution in [0.25, 0.3) is 5.69 Å². The van der Waals surface area contributed by atoms with Gasteiger partial charge < -0.3 is 4.98 Å². The van der Waals surface area contributed by atoms with E-state index < -0.39 is 11.2 Å². The minimum atomic E-state index is -0.593. The third-order valence-corrected chi connectivity index (χ3v) is 3.27. The summed E-state index contributed by atoms with van der Waals surface area (Å²) in [6, 6.07) is 7.01. The van der Waals surface area contributed by atoms with E-state index in [9.17, 15) is 14.0 Å². The molecule has 2 aromatic heterocycles. The summed E-state index contributed by atoms with van der Waals surface area (Å²) >= 11 is 5.17. The second kappa shape index (κ2) is 5.53. The average molecular weight is 319 g/mol. The van der Waals surface area contributed by atoms with Gasteiger partial charge in [0.15, 0.2) is 4.77 Å². The lowest BCUT2D eigenvalue weighted by atomic mass is 10.2. The lowest BCUT2D eigenvalue weighted by molar-refractivity contribution is 0.627. The van der Waals surface area contributed by atoms with Crippen molar-refractivity contribution in [2.45, 2.75) is 6.42 Å². The summed E-state index contributed by atoms with van der Waals surface area (Å²) in [7, 11) is 0. The number of aromatic nitrogens is 5. The van der Waals surface area contributed by atoms with Crippen LogP contribution in [0.1, 0.15) is 11.5 Å². The zero-order valence-corrected chi connectivity index (χ0v) is 11.9. The minimum Gasteiger partial charge on any atom is -0.311 e. The summed E-state index contributed by atoms with van der Waals surface area (Å²) in [6.45, 7) is 0. The molecular weight excluding hydrogens is 309 g/mol. The topological polar surface area (TPSA) is 99.3 Å². The van der Waals surface area contributed by atoms with Crippen molar-refractivity contribution < 1.29 is 4.39 Å². The normalized spacial score (nSPS) is 10.8. The third-order valence-electron chi connectivity index (χ3n) is 2.99. The molecule has 0 unspecified atom stereocenters. The second-order valence-corrected chi connectivity index (χ2v) is 4.93. The van der Waals surface area contributed by atoms with E-state index in [0.29, 0.717) is 22.0 Å². The van der Waals surface area contributed by atoms with Crippen LogP contribution in [0.2, 0.25) is 0 Å². The van der Waals surface area contributed by atoms with Crippen molar-refractivity contribution in [3.63, 3.8) is 0 Å². The molecule has 0 amide bonds. The van der Waals surface area contributed by atoms with E-state index in [1.165, 1.54) is 18.2 Å². The van der Waals surface area contributed by atoms with Gasteiger partial charge in [-0.25, -0.2) is 9.18 Å². The predicted octanol–water partition coefficient (Wildman–Crippen LogP) is 1.04. The Morgan fingerprint density at radius 3 is 2.59 bits per heavy atom. The van der Waals surface area contributed by atoms with Gasteiger partial charge >= 0.3 is 5.69 Å². The zero-order chi connectivity index (χ0) is 15.7. The standard InChI is InChI=1S/C13H10FN5O2S/c14-7-1-3-9(4-2-7)19-10(17-18-13(19)22)5-8-6-11(20)16-12(21)15-8/h1-4,6H,5H2,(H,18,22)(H2,15,16,20,21). The Balaban J connectivity index is 2.06. The van der Waals surface area contributed by atoms with E-state index in [4.69, 9.17) is 12.2 Å². The molecule has 2 heterocycles. The summed E-state index contributed by atoms with van der Waals surface area (Å²) < 4.78 is 15.0. The summed E-state index contributed by atoms with van der Waals surface area (Å²) in [4.78, 5) is 27.2. The van der Waals surface area contributed by atoms with Gasteiger partial charge in [-0.2, -0.15) is 5.10 Å². The highest BCUT2D eigenvalue weighted by atomic mass is 32.1. The largest absolute Gasteiger partial charge is 0.325 e. The fraction of sp³-hybridized carbons (Fsp3) is 0.0769. The second-order valence-electron chi connectivity index (χ2n) is 4.55. The van der Waals surface area contributed by atoms with E-state index in [1.807, 2.05) is 0 Å². The molecule has 22 heavy (non-hydrogen) atoms. The van der Waals surface area contributed by atoms with Gasteiger partial charge in [-0.15, -0.1) is 0 Å². The Bertz CT molecular complexity index is 955. The molecule has 0 aliphatic carbocycles. The monoisotopic (exact) mass is 319 g/mol. The highest BCUT2D eigenvalue weighted by Crippen LogP contribution is 2.13. The summed E-state index contributed by atoms with van der Waals surface area (Å²) in [5, 5.41) is 6.73. The van der Waals surface area contributed by atoms with Crippen LogP contribution < -0.4 is 11.2 Å². The molecule has 1 aromatic carbocycles. The van der Waals surface area contributed by atoms with E-state index in [-0.39, 0.29) is 12.2 Å². The number of hydrogen-bond donors (Lipinski definition) is 3. The first-order chi connectivity index (χ1) is 10.5. The highest BCUT2D eigenvalue weighted by molar-refractivity contribution is 7.71. The van der Waals surface area contributed by atoms with Crippen molar-refractivity contribution in [2.75, 3.05) is 0 Å². The van der Waals surface area contributed by atoms with Crippen LogP contribution in [-0.2, 0) is 6.42 Å². The van der Waals surface area contributed by atoms with Gasteiger partial charge in [0, 0.05) is 23.9 Å². The Labute approximate surface area is 127 Å². The predicted molar refractivity (Wildman–Crippen MR) is 79.2 cm³/mol. The van der Waals surface area contributed by atoms with Crippen LogP contribution in [0, 0.1) is 10.6 Å². The molecule has 0 atom stereocenters. The number of nitrogens with zero attached hydrogens (tertiary/aromatic N) is 2. The first kappa shape index (κ1) is 14.1. The Kier molecular flexibility index (Phi) is 3.55. The smallest absolute Gasteiger partial charge is 0.311 e. The Hall–Kier alpha value is -2.81. The van der Waals surface area contributed by atoms with E-state index in [1.54, 1.807) is 16.7 Å². The lowest BCUT2D eigenvalue weighted by Crippen LogP contribution is -2.23. The quantitative estimate of drug-likeness (QED) is 0.628. The molecule has 0 spiro atoms. The van der Waals surface area contributed by atoms with Crippen molar-refractivity contribution in [3.8, 4) is 5.69 Å². The van der Waals surface area contributed by atoms with Gasteiger partial charge in [-0.1, -0.05) is 0 Å². The molecule has 0 fully saturated rings. The van der Waals surface area contributed by atoms with Crippen LogP contribution in [0.15, 0.2) is 39.9 Å². The number of halogens is 1. The number of H-pyrrole nitrogens is 3. The van der Waals surface area contributed by atoms with E-state index >= 15 is 0 Å². The number of benzene rings is 1. The van der Waals surface area contributed by atoms with E-state index in [2.05, 4.69) is 20.2 Å². The molecule has 0 aliphatic rings. The maximum absolute atomic E-state index is 13.0. The summed E-state index contributed by atoms with van der Waals surface area (Å²) in [6.07, 6.45) is 0.184. The molecule has 0 bridgehead atoms. The summed E-state index contributed by atoms with van der Waals surface area (Å²) in [5.41, 5.74) is -0.0698. The van der Waals surface area contributed by atoms with Gasteiger partial charge in [0.05, 0.1) is 0 Å². The first-order valence-electron chi connectivity index (χ1n) is 6.28. The zero-order valence-electron chi connectivity index (χ0n) is 11.1. The van der Waals surface area contributed by atoms with Crippen LogP contribution >= 0.6 is 12.2 Å².